The van der Waals surface area contributed by atoms with Gasteiger partial charge in [0.25, 0.3) is 0 Å². The predicted molar refractivity (Wildman–Crippen MR) is 152 cm³/mol. The first-order valence-corrected chi connectivity index (χ1v) is 13.1. The van der Waals surface area contributed by atoms with Crippen LogP contribution in [-0.2, 0) is 16.1 Å². The Bertz CT molecular complexity index is 1760. The summed E-state index contributed by atoms with van der Waals surface area (Å²) in [4.78, 5) is 32.1. The normalized spacial score (nSPS) is 13.5. The number of anilines is 2. The van der Waals surface area contributed by atoms with Crippen LogP contribution >= 0.6 is 0 Å². The zero-order valence-corrected chi connectivity index (χ0v) is 22.3. The Labute approximate surface area is 238 Å². The number of nitrogens with one attached hydrogen (secondary N) is 1. The second kappa shape index (κ2) is 11.3. The maximum Gasteiger partial charge on any atom is 0.333 e. The van der Waals surface area contributed by atoms with Gasteiger partial charge >= 0.3 is 6.55 Å². The number of aromatic nitrogens is 7. The van der Waals surface area contributed by atoms with Crippen LogP contribution in [0.3, 0.4) is 0 Å². The molecule has 1 aliphatic heterocycles. The summed E-state index contributed by atoms with van der Waals surface area (Å²) in [5.41, 5.74) is 10.1. The van der Waals surface area contributed by atoms with Gasteiger partial charge in [-0.3, -0.25) is 14.3 Å². The quantitative estimate of drug-likeness (QED) is 0.254. The van der Waals surface area contributed by atoms with Gasteiger partial charge < -0.3 is 20.7 Å². The summed E-state index contributed by atoms with van der Waals surface area (Å²) in [6.07, 6.45) is 5.82. The minimum atomic E-state index is -2.76. The number of halogens is 2. The van der Waals surface area contributed by atoms with Crippen molar-refractivity contribution in [3.05, 3.63) is 79.2 Å². The lowest BCUT2D eigenvalue weighted by Gasteiger charge is -2.27. The Morgan fingerprint density at radius 1 is 1.10 bits per heavy atom. The number of ether oxygens (including phenoxy) is 1. The van der Waals surface area contributed by atoms with Gasteiger partial charge in [-0.2, -0.15) is 23.8 Å². The maximum atomic E-state index is 13.2. The number of morpholine rings is 1. The third-order valence-electron chi connectivity index (χ3n) is 6.85. The van der Waals surface area contributed by atoms with Crippen molar-refractivity contribution >= 4 is 34.4 Å². The maximum absolute atomic E-state index is 13.2. The van der Waals surface area contributed by atoms with Crippen molar-refractivity contribution in [2.45, 2.75) is 13.1 Å². The molecular formula is C28H26F2N10O2. The standard InChI is InChI=1S/C28H26F2N10O2/c1-17(24(31)41)18-3-2-4-19(11-18)20-5-6-21(32-12-20)13-33-25-23-26(37-28(36-25)38-7-9-42-10-8-38)39(16-34-23)22-14-35-40(15-22)27(29)30/h2-6,11-12,14-16,27H,1,7-10,13H2,(H2,31,41)(H,33,36,37). The molecule has 0 bridgehead atoms. The molecule has 6 rings (SSSR count). The summed E-state index contributed by atoms with van der Waals surface area (Å²) in [5.74, 6) is 0.373. The number of carbonyl (C=O) groups excluding carboxylic acids is 1. The first kappa shape index (κ1) is 27.0. The third-order valence-corrected chi connectivity index (χ3v) is 6.85. The van der Waals surface area contributed by atoms with Gasteiger partial charge in [-0.1, -0.05) is 30.8 Å². The number of hydrogen-bond donors (Lipinski definition) is 2. The summed E-state index contributed by atoms with van der Waals surface area (Å²) in [5, 5.41) is 7.05. The SMILES string of the molecule is C=C(C(N)=O)c1cccc(-c2ccc(CNc3nc(N4CCOCC4)nc4c3ncn4-c3cnn(C(F)F)c3)nc2)c1. The zero-order chi connectivity index (χ0) is 29.2. The van der Waals surface area contributed by atoms with Crippen LogP contribution in [0.5, 0.6) is 0 Å². The van der Waals surface area contributed by atoms with E-state index in [1.54, 1.807) is 16.8 Å². The zero-order valence-electron chi connectivity index (χ0n) is 22.3. The molecule has 3 N–H and O–H groups in total. The number of alkyl halides is 2. The van der Waals surface area contributed by atoms with Crippen LogP contribution in [0.25, 0.3) is 33.6 Å². The van der Waals surface area contributed by atoms with Crippen molar-refractivity contribution in [1.82, 2.24) is 34.3 Å². The number of nitrogens with two attached hydrogens (primary N) is 1. The Morgan fingerprint density at radius 3 is 2.64 bits per heavy atom. The molecule has 0 aliphatic carbocycles. The first-order chi connectivity index (χ1) is 20.4. The van der Waals surface area contributed by atoms with E-state index in [1.165, 1.54) is 18.7 Å². The molecule has 4 aromatic heterocycles. The molecule has 0 atom stereocenters. The van der Waals surface area contributed by atoms with Gasteiger partial charge in [0, 0.05) is 30.4 Å². The van der Waals surface area contributed by atoms with Gasteiger partial charge in [0.1, 0.15) is 6.33 Å². The number of primary amides is 1. The minimum absolute atomic E-state index is 0.239. The topological polar surface area (TPSA) is 142 Å². The predicted octanol–water partition coefficient (Wildman–Crippen LogP) is 3.42. The third kappa shape index (κ3) is 5.39. The molecule has 0 spiro atoms. The van der Waals surface area contributed by atoms with E-state index in [0.717, 1.165) is 16.8 Å². The second-order valence-electron chi connectivity index (χ2n) is 9.53. The van der Waals surface area contributed by atoms with Crippen LogP contribution in [0.15, 0.2) is 67.9 Å². The van der Waals surface area contributed by atoms with Gasteiger partial charge in [0.15, 0.2) is 17.0 Å². The molecule has 14 heteroatoms. The van der Waals surface area contributed by atoms with Gasteiger partial charge in [-0.25, -0.2) is 9.67 Å². The van der Waals surface area contributed by atoms with Gasteiger partial charge in [0.05, 0.1) is 43.5 Å². The molecule has 1 fully saturated rings. The lowest BCUT2D eigenvalue weighted by Crippen LogP contribution is -2.37. The summed E-state index contributed by atoms with van der Waals surface area (Å²) < 4.78 is 34.0. The van der Waals surface area contributed by atoms with Crippen molar-refractivity contribution in [3.8, 4) is 16.8 Å². The lowest BCUT2D eigenvalue weighted by atomic mass is 10.0. The Balaban J connectivity index is 1.27. The molecule has 5 heterocycles. The van der Waals surface area contributed by atoms with Crippen molar-refractivity contribution in [2.75, 3.05) is 36.5 Å². The molecule has 12 nitrogen and oxygen atoms in total. The number of rotatable bonds is 9. The number of imidazole rings is 1. The number of hydrogen-bond acceptors (Lipinski definition) is 9. The van der Waals surface area contributed by atoms with Crippen LogP contribution < -0.4 is 16.0 Å². The van der Waals surface area contributed by atoms with Gasteiger partial charge in [-0.05, 0) is 23.3 Å². The molecule has 5 aromatic rings. The van der Waals surface area contributed by atoms with Crippen LogP contribution in [0.2, 0.25) is 0 Å². The fourth-order valence-electron chi connectivity index (χ4n) is 4.57. The average molecular weight is 573 g/mol. The molecule has 1 aliphatic rings. The van der Waals surface area contributed by atoms with Crippen molar-refractivity contribution < 1.29 is 18.3 Å². The van der Waals surface area contributed by atoms with Crippen molar-refractivity contribution in [2.24, 2.45) is 5.73 Å². The van der Waals surface area contributed by atoms with E-state index in [-0.39, 0.29) is 5.57 Å². The molecule has 0 radical (unpaired) electrons. The summed E-state index contributed by atoms with van der Waals surface area (Å²) >= 11 is 0. The molecule has 1 amide bonds. The van der Waals surface area contributed by atoms with E-state index in [2.05, 4.69) is 27.0 Å². The number of carbonyl (C=O) groups is 1. The molecule has 1 aromatic carbocycles. The van der Waals surface area contributed by atoms with E-state index >= 15 is 0 Å². The number of pyridine rings is 1. The number of amides is 1. The van der Waals surface area contributed by atoms with Crippen LogP contribution in [0.4, 0.5) is 20.5 Å². The molecular weight excluding hydrogens is 546 g/mol. The van der Waals surface area contributed by atoms with E-state index in [4.69, 9.17) is 20.4 Å². The van der Waals surface area contributed by atoms with Gasteiger partial charge in [-0.15, -0.1) is 0 Å². The number of nitrogens with zero attached hydrogens (tertiary/aromatic N) is 8. The summed E-state index contributed by atoms with van der Waals surface area (Å²) in [6, 6.07) is 11.2. The Hall–Kier alpha value is -5.24. The van der Waals surface area contributed by atoms with E-state index in [0.29, 0.717) is 71.7 Å². The van der Waals surface area contributed by atoms with E-state index < -0.39 is 12.5 Å². The van der Waals surface area contributed by atoms with E-state index in [9.17, 15) is 13.6 Å². The summed E-state index contributed by atoms with van der Waals surface area (Å²) in [6.45, 7) is 3.63. The Morgan fingerprint density at radius 2 is 1.93 bits per heavy atom. The molecule has 42 heavy (non-hydrogen) atoms. The molecule has 0 unspecified atom stereocenters. The summed E-state index contributed by atoms with van der Waals surface area (Å²) in [7, 11) is 0. The monoisotopic (exact) mass is 572 g/mol. The highest BCUT2D eigenvalue weighted by Gasteiger charge is 2.21. The molecule has 214 valence electrons. The fraction of sp³-hybridized carbons (Fsp3) is 0.214. The average Bonchev–Trinajstić information content (AvgIpc) is 3.68. The first-order valence-electron chi connectivity index (χ1n) is 13.1. The minimum Gasteiger partial charge on any atom is -0.378 e. The van der Waals surface area contributed by atoms with Crippen LogP contribution in [0.1, 0.15) is 17.8 Å². The molecule has 1 saturated heterocycles. The van der Waals surface area contributed by atoms with Crippen molar-refractivity contribution in [3.63, 3.8) is 0 Å². The lowest BCUT2D eigenvalue weighted by molar-refractivity contribution is -0.112. The smallest absolute Gasteiger partial charge is 0.333 e. The Kier molecular flexibility index (Phi) is 7.27. The van der Waals surface area contributed by atoms with Crippen LogP contribution in [0, 0.1) is 0 Å². The highest BCUT2D eigenvalue weighted by Crippen LogP contribution is 2.27. The molecule has 0 saturated carbocycles. The highest BCUT2D eigenvalue weighted by atomic mass is 19.3. The van der Waals surface area contributed by atoms with Crippen LogP contribution in [-0.4, -0.2) is 66.5 Å². The fourth-order valence-corrected chi connectivity index (χ4v) is 4.57. The highest BCUT2D eigenvalue weighted by molar-refractivity contribution is 6.18. The number of benzene rings is 1. The largest absolute Gasteiger partial charge is 0.378 e. The van der Waals surface area contributed by atoms with Gasteiger partial charge in [0.2, 0.25) is 11.9 Å². The van der Waals surface area contributed by atoms with Crippen molar-refractivity contribution in [1.29, 1.82) is 0 Å². The number of fused-ring (bicyclic) bond motifs is 1. The van der Waals surface area contributed by atoms with E-state index in [1.807, 2.05) is 35.2 Å². The second-order valence-corrected chi connectivity index (χ2v) is 9.53.